The molecule has 0 saturated heterocycles. The zero-order chi connectivity index (χ0) is 14.7. The fourth-order valence-corrected chi connectivity index (χ4v) is 2.37. The van der Waals surface area contributed by atoms with Gasteiger partial charge in [0.15, 0.2) is 0 Å². The molecule has 1 aromatic heterocycles. The molecule has 0 fully saturated rings. The van der Waals surface area contributed by atoms with Crippen LogP contribution in [0.3, 0.4) is 0 Å². The highest BCUT2D eigenvalue weighted by atomic mass is 16.3. The predicted molar refractivity (Wildman–Crippen MR) is 81.8 cm³/mol. The van der Waals surface area contributed by atoms with Crippen molar-refractivity contribution in [1.29, 1.82) is 0 Å². The van der Waals surface area contributed by atoms with Crippen LogP contribution in [-0.4, -0.2) is 14.7 Å². The van der Waals surface area contributed by atoms with Gasteiger partial charge in [-0.05, 0) is 30.9 Å². The average molecular weight is 272 g/mol. The summed E-state index contributed by atoms with van der Waals surface area (Å²) < 4.78 is 2.02. The van der Waals surface area contributed by atoms with E-state index in [2.05, 4.69) is 56.9 Å². The van der Waals surface area contributed by atoms with Gasteiger partial charge in [0.25, 0.3) is 0 Å². The number of aliphatic hydroxyl groups is 1. The zero-order valence-electron chi connectivity index (χ0n) is 12.7. The van der Waals surface area contributed by atoms with Gasteiger partial charge in [-0.1, -0.05) is 38.1 Å². The second kappa shape index (κ2) is 6.23. The van der Waals surface area contributed by atoms with Crippen molar-refractivity contribution in [2.45, 2.75) is 52.2 Å². The second-order valence-corrected chi connectivity index (χ2v) is 5.94. The SMILES string of the molecule is CC(C)c1ccc(CC(O)c2cncn2C(C)C)cc1. The molecule has 0 radical (unpaired) electrons. The van der Waals surface area contributed by atoms with Crippen molar-refractivity contribution in [2.24, 2.45) is 0 Å². The highest BCUT2D eigenvalue weighted by Gasteiger charge is 2.15. The molecule has 2 aromatic rings. The Balaban J connectivity index is 2.11. The first-order valence-electron chi connectivity index (χ1n) is 7.27. The van der Waals surface area contributed by atoms with Crippen LogP contribution in [0.2, 0.25) is 0 Å². The molecule has 0 aliphatic rings. The van der Waals surface area contributed by atoms with E-state index in [1.807, 2.05) is 4.57 Å². The fraction of sp³-hybridized carbons (Fsp3) is 0.471. The van der Waals surface area contributed by atoms with E-state index in [0.29, 0.717) is 18.4 Å². The Labute approximate surface area is 121 Å². The molecule has 0 saturated carbocycles. The number of rotatable bonds is 5. The van der Waals surface area contributed by atoms with Gasteiger partial charge in [0.1, 0.15) is 0 Å². The van der Waals surface area contributed by atoms with Crippen LogP contribution in [0.1, 0.15) is 62.6 Å². The first-order chi connectivity index (χ1) is 9.49. The molecule has 3 heteroatoms. The largest absolute Gasteiger partial charge is 0.386 e. The van der Waals surface area contributed by atoms with E-state index in [1.165, 1.54) is 5.56 Å². The molecule has 1 N–H and O–H groups in total. The fourth-order valence-electron chi connectivity index (χ4n) is 2.37. The van der Waals surface area contributed by atoms with Crippen molar-refractivity contribution in [1.82, 2.24) is 9.55 Å². The summed E-state index contributed by atoms with van der Waals surface area (Å²) in [5.41, 5.74) is 3.36. The number of aliphatic hydroxyl groups excluding tert-OH is 1. The Morgan fingerprint density at radius 3 is 2.30 bits per heavy atom. The number of nitrogens with zero attached hydrogens (tertiary/aromatic N) is 2. The third kappa shape index (κ3) is 3.28. The minimum absolute atomic E-state index is 0.311. The summed E-state index contributed by atoms with van der Waals surface area (Å²) >= 11 is 0. The highest BCUT2D eigenvalue weighted by Crippen LogP contribution is 2.22. The van der Waals surface area contributed by atoms with E-state index in [9.17, 15) is 5.11 Å². The molecule has 0 amide bonds. The van der Waals surface area contributed by atoms with Crippen molar-refractivity contribution in [3.05, 3.63) is 53.6 Å². The molecule has 1 unspecified atom stereocenters. The van der Waals surface area contributed by atoms with Crippen LogP contribution < -0.4 is 0 Å². The van der Waals surface area contributed by atoms with E-state index in [1.54, 1.807) is 12.5 Å². The van der Waals surface area contributed by atoms with Gasteiger partial charge in [0, 0.05) is 12.5 Å². The Kier molecular flexibility index (Phi) is 4.61. The summed E-state index contributed by atoms with van der Waals surface area (Å²) in [5, 5.41) is 10.4. The summed E-state index contributed by atoms with van der Waals surface area (Å²) in [6.45, 7) is 8.56. The lowest BCUT2D eigenvalue weighted by Crippen LogP contribution is -2.11. The number of hydrogen-bond donors (Lipinski definition) is 1. The van der Waals surface area contributed by atoms with Crippen LogP contribution in [-0.2, 0) is 6.42 Å². The molecular formula is C17H24N2O. The summed E-state index contributed by atoms with van der Waals surface area (Å²) in [4.78, 5) is 4.15. The van der Waals surface area contributed by atoms with E-state index in [-0.39, 0.29) is 0 Å². The smallest absolute Gasteiger partial charge is 0.0996 e. The van der Waals surface area contributed by atoms with Crippen LogP contribution in [0.5, 0.6) is 0 Å². The minimum Gasteiger partial charge on any atom is -0.386 e. The van der Waals surface area contributed by atoms with Crippen molar-refractivity contribution in [3.63, 3.8) is 0 Å². The lowest BCUT2D eigenvalue weighted by Gasteiger charge is -2.17. The van der Waals surface area contributed by atoms with E-state index in [4.69, 9.17) is 0 Å². The van der Waals surface area contributed by atoms with Crippen molar-refractivity contribution >= 4 is 0 Å². The molecule has 1 heterocycles. The molecule has 0 aliphatic carbocycles. The first kappa shape index (κ1) is 14.8. The zero-order valence-corrected chi connectivity index (χ0v) is 12.7. The Morgan fingerprint density at radius 1 is 1.10 bits per heavy atom. The average Bonchev–Trinajstić information content (AvgIpc) is 2.88. The normalized spacial score (nSPS) is 13.2. The monoisotopic (exact) mass is 272 g/mol. The molecule has 3 nitrogen and oxygen atoms in total. The van der Waals surface area contributed by atoms with Gasteiger partial charge in [0.05, 0.1) is 24.3 Å². The number of benzene rings is 1. The maximum atomic E-state index is 10.4. The number of aromatic nitrogens is 2. The third-order valence-corrected chi connectivity index (χ3v) is 3.67. The van der Waals surface area contributed by atoms with E-state index < -0.39 is 6.10 Å². The maximum absolute atomic E-state index is 10.4. The third-order valence-electron chi connectivity index (χ3n) is 3.67. The molecule has 108 valence electrons. The molecule has 0 spiro atoms. The van der Waals surface area contributed by atoms with Gasteiger partial charge < -0.3 is 9.67 Å². The van der Waals surface area contributed by atoms with E-state index in [0.717, 1.165) is 11.3 Å². The van der Waals surface area contributed by atoms with Gasteiger partial charge in [-0.15, -0.1) is 0 Å². The first-order valence-corrected chi connectivity index (χ1v) is 7.27. The molecule has 0 bridgehead atoms. The van der Waals surface area contributed by atoms with Gasteiger partial charge in [-0.2, -0.15) is 0 Å². The Bertz CT molecular complexity index is 540. The molecule has 2 rings (SSSR count). The Morgan fingerprint density at radius 2 is 1.75 bits per heavy atom. The Hall–Kier alpha value is -1.61. The summed E-state index contributed by atoms with van der Waals surface area (Å²) in [6.07, 6.45) is 3.65. The van der Waals surface area contributed by atoms with E-state index >= 15 is 0 Å². The molecule has 1 atom stereocenters. The van der Waals surface area contributed by atoms with Crippen LogP contribution >= 0.6 is 0 Å². The standard InChI is InChI=1S/C17H24N2O/c1-12(2)15-7-5-14(6-8-15)9-17(20)16-10-18-11-19(16)13(3)4/h5-8,10-13,17,20H,9H2,1-4H3. The topological polar surface area (TPSA) is 38.1 Å². The lowest BCUT2D eigenvalue weighted by molar-refractivity contribution is 0.167. The van der Waals surface area contributed by atoms with Gasteiger partial charge >= 0.3 is 0 Å². The molecule has 0 aliphatic heterocycles. The summed E-state index contributed by atoms with van der Waals surface area (Å²) in [5.74, 6) is 0.538. The second-order valence-electron chi connectivity index (χ2n) is 5.94. The number of hydrogen-bond acceptors (Lipinski definition) is 2. The lowest BCUT2D eigenvalue weighted by atomic mass is 9.99. The maximum Gasteiger partial charge on any atom is 0.0996 e. The van der Waals surface area contributed by atoms with Gasteiger partial charge in [-0.25, -0.2) is 4.98 Å². The van der Waals surface area contributed by atoms with Crippen molar-refractivity contribution in [2.75, 3.05) is 0 Å². The minimum atomic E-state index is -0.509. The molecular weight excluding hydrogens is 248 g/mol. The van der Waals surface area contributed by atoms with Crippen molar-refractivity contribution < 1.29 is 5.11 Å². The quantitative estimate of drug-likeness (QED) is 0.897. The highest BCUT2D eigenvalue weighted by molar-refractivity contribution is 5.25. The van der Waals surface area contributed by atoms with Crippen LogP contribution in [0.15, 0.2) is 36.8 Å². The molecule has 20 heavy (non-hydrogen) atoms. The summed E-state index contributed by atoms with van der Waals surface area (Å²) in [7, 11) is 0. The van der Waals surface area contributed by atoms with Gasteiger partial charge in [-0.3, -0.25) is 0 Å². The predicted octanol–water partition coefficient (Wildman–Crippen LogP) is 3.86. The van der Waals surface area contributed by atoms with Gasteiger partial charge in [0.2, 0.25) is 0 Å². The van der Waals surface area contributed by atoms with Crippen molar-refractivity contribution in [3.8, 4) is 0 Å². The van der Waals surface area contributed by atoms with Crippen LogP contribution in [0.4, 0.5) is 0 Å². The number of imidazole rings is 1. The molecule has 1 aromatic carbocycles. The van der Waals surface area contributed by atoms with Crippen LogP contribution in [0, 0.1) is 0 Å². The summed E-state index contributed by atoms with van der Waals surface area (Å²) in [6, 6.07) is 8.81. The van der Waals surface area contributed by atoms with Crippen LogP contribution in [0.25, 0.3) is 0 Å².